The first-order valence-electron chi connectivity index (χ1n) is 4.33. The summed E-state index contributed by atoms with van der Waals surface area (Å²) in [6.45, 7) is 0. The Bertz CT molecular complexity index is 473. The molecule has 1 amide bonds. The van der Waals surface area contributed by atoms with E-state index in [1.807, 2.05) is 5.32 Å². The van der Waals surface area contributed by atoms with E-state index in [-0.39, 0.29) is 57.8 Å². The van der Waals surface area contributed by atoms with E-state index in [9.17, 15) is 22.4 Å². The maximum Gasteiger partial charge on any atom is 0.257 e. The molecule has 3 radical (unpaired) electrons. The first-order valence-corrected chi connectivity index (χ1v) is 4.33. The molecule has 1 rings (SSSR count). The molecule has 0 aliphatic heterocycles. The summed E-state index contributed by atoms with van der Waals surface area (Å²) in [5.41, 5.74) is -1.07. The quantitative estimate of drug-likeness (QED) is 0.385. The van der Waals surface area contributed by atoms with Crippen LogP contribution in [0.3, 0.4) is 0 Å². The number of nitrogens with one attached hydrogen (secondary N) is 1. The molecule has 0 saturated heterocycles. The number of amides is 1. The van der Waals surface area contributed by atoms with Gasteiger partial charge in [0.05, 0.1) is 15.0 Å². The molecule has 0 spiro atoms. The third kappa shape index (κ3) is 3.27. The second-order valence-corrected chi connectivity index (χ2v) is 2.87. The number of hydrogen-bond donors (Lipinski definition) is 1. The number of halogens is 4. The molecule has 0 unspecified atom stereocenters. The fraction of sp³-hybridized carbons (Fsp3) is 0.222. The van der Waals surface area contributed by atoms with Crippen molar-refractivity contribution in [1.29, 1.82) is 0 Å². The molecule has 1 N–H and O–H groups in total. The molecule has 9 heteroatoms. The van der Waals surface area contributed by atoms with Gasteiger partial charge in [0, 0.05) is 51.4 Å². The van der Waals surface area contributed by atoms with E-state index >= 15 is 0 Å². The van der Waals surface area contributed by atoms with Crippen LogP contribution in [0.15, 0.2) is 0 Å². The average molecular weight is 286 g/mol. The molecular weight excluding hydrogens is 280 g/mol. The summed E-state index contributed by atoms with van der Waals surface area (Å²) >= 11 is 0. The minimum absolute atomic E-state index is 0. The Morgan fingerprint density at radius 3 is 2.11 bits per heavy atom. The summed E-state index contributed by atoms with van der Waals surface area (Å²) in [6.07, 6.45) is -0.387. The van der Waals surface area contributed by atoms with Gasteiger partial charge in [-0.3, -0.25) is 4.79 Å². The van der Waals surface area contributed by atoms with Crippen molar-refractivity contribution in [3.63, 3.8) is 0 Å². The fourth-order valence-electron chi connectivity index (χ4n) is 1.19. The molecule has 0 saturated carbocycles. The first kappa shape index (κ1) is 17.9. The van der Waals surface area contributed by atoms with E-state index in [4.69, 9.17) is 7.85 Å². The van der Waals surface area contributed by atoms with Crippen molar-refractivity contribution in [3.05, 3.63) is 28.8 Å². The zero-order valence-electron chi connectivity index (χ0n) is 9.61. The van der Waals surface area contributed by atoms with Crippen molar-refractivity contribution >= 4 is 65.1 Å². The predicted molar refractivity (Wildman–Crippen MR) is 56.7 cm³/mol. The number of carbonyl (C=O) groups is 1. The number of hydrogen-bond acceptors (Lipinski definition) is 2. The van der Waals surface area contributed by atoms with Crippen LogP contribution in [-0.4, -0.2) is 78.7 Å². The van der Waals surface area contributed by atoms with E-state index < -0.39 is 40.5 Å². The topological polar surface area (TPSA) is 38.3 Å². The zero-order valence-corrected chi connectivity index (χ0v) is 12.7. The molecule has 0 atom stereocenters. The van der Waals surface area contributed by atoms with Crippen LogP contribution in [0.25, 0.3) is 0 Å². The molecule has 0 aliphatic rings. The molecule has 0 heterocycles. The molecule has 91 valence electrons. The monoisotopic (exact) mass is 286 g/mol. The van der Waals surface area contributed by atoms with Crippen LogP contribution in [0, 0.1) is 23.3 Å². The summed E-state index contributed by atoms with van der Waals surface area (Å²) < 4.78 is 56.6. The molecule has 0 aromatic heterocycles. The van der Waals surface area contributed by atoms with Gasteiger partial charge < -0.3 is 10.1 Å². The molecule has 1 aromatic carbocycles. The second kappa shape index (κ2) is 7.49. The first-order chi connectivity index (χ1) is 7.95. The van der Waals surface area contributed by atoms with Crippen LogP contribution in [0.1, 0.15) is 10.4 Å². The van der Waals surface area contributed by atoms with Gasteiger partial charge in [0.25, 0.3) is 5.91 Å². The van der Waals surface area contributed by atoms with E-state index in [0.717, 1.165) is 7.11 Å². The van der Waals surface area contributed by atoms with Gasteiger partial charge in [0.2, 0.25) is 11.6 Å². The van der Waals surface area contributed by atoms with Gasteiger partial charge in [-0.1, -0.05) is 0 Å². The van der Waals surface area contributed by atoms with Gasteiger partial charge in [-0.05, 0) is 6.44 Å². The maximum atomic E-state index is 13.3. The van der Waals surface area contributed by atoms with Crippen LogP contribution in [0.4, 0.5) is 17.6 Å². The standard InChI is InChI=1S/C9H6BF4NO2.K/c1-17-8-3(9(16)15-2-10)4(11)5(12)6(13)7(8)14;/h2H2,1H3,(H,15,16);. The third-order valence-electron chi connectivity index (χ3n) is 1.92. The van der Waals surface area contributed by atoms with Crippen LogP contribution in [0.5, 0.6) is 5.75 Å². The van der Waals surface area contributed by atoms with Gasteiger partial charge in [-0.2, -0.15) is 4.39 Å². The van der Waals surface area contributed by atoms with Gasteiger partial charge in [-0.15, -0.1) is 0 Å². The van der Waals surface area contributed by atoms with Crippen molar-refractivity contribution < 1.29 is 27.1 Å². The van der Waals surface area contributed by atoms with E-state index in [1.54, 1.807) is 0 Å². The molecule has 18 heavy (non-hydrogen) atoms. The maximum absolute atomic E-state index is 13.3. The smallest absolute Gasteiger partial charge is 0.257 e. The summed E-state index contributed by atoms with van der Waals surface area (Å²) in [7, 11) is 5.84. The second-order valence-electron chi connectivity index (χ2n) is 2.87. The van der Waals surface area contributed by atoms with E-state index in [2.05, 4.69) is 4.74 Å². The SMILES string of the molecule is [B]CNC(=O)c1c(F)c(F)c(F)c(F)c1OC.[K]. The van der Waals surface area contributed by atoms with Crippen molar-refractivity contribution in [2.75, 3.05) is 13.6 Å². The molecule has 0 fully saturated rings. The molecule has 1 aromatic rings. The van der Waals surface area contributed by atoms with Gasteiger partial charge in [0.15, 0.2) is 17.4 Å². The molecule has 0 bridgehead atoms. The van der Waals surface area contributed by atoms with Gasteiger partial charge in [-0.25, -0.2) is 13.2 Å². The van der Waals surface area contributed by atoms with Crippen molar-refractivity contribution in [1.82, 2.24) is 5.32 Å². The average Bonchev–Trinajstić information content (AvgIpc) is 2.31. The Balaban J connectivity index is 0.00000289. The number of carbonyl (C=O) groups excluding carboxylic acids is 1. The summed E-state index contributed by atoms with van der Waals surface area (Å²) in [6, 6.07) is 0. The molecule has 3 nitrogen and oxygen atoms in total. The van der Waals surface area contributed by atoms with Crippen molar-refractivity contribution in [2.24, 2.45) is 0 Å². The Kier molecular flexibility index (Phi) is 7.45. The predicted octanol–water partition coefficient (Wildman–Crippen LogP) is 0.727. The normalized spacial score (nSPS) is 9.61. The Morgan fingerprint density at radius 1 is 1.17 bits per heavy atom. The van der Waals surface area contributed by atoms with Gasteiger partial charge in [0.1, 0.15) is 5.56 Å². The Morgan fingerprint density at radius 2 is 1.67 bits per heavy atom. The fourth-order valence-corrected chi connectivity index (χ4v) is 1.19. The van der Waals surface area contributed by atoms with Crippen LogP contribution in [0.2, 0.25) is 0 Å². The zero-order chi connectivity index (χ0) is 13.2. The summed E-state index contributed by atoms with van der Waals surface area (Å²) in [5, 5.41) is 1.91. The van der Waals surface area contributed by atoms with E-state index in [0.29, 0.717) is 0 Å². The van der Waals surface area contributed by atoms with E-state index in [1.165, 1.54) is 0 Å². The van der Waals surface area contributed by atoms with Crippen LogP contribution >= 0.6 is 0 Å². The summed E-state index contributed by atoms with van der Waals surface area (Å²) in [4.78, 5) is 11.3. The van der Waals surface area contributed by atoms with Crippen LogP contribution in [-0.2, 0) is 0 Å². The largest absolute Gasteiger partial charge is 0.493 e. The number of rotatable bonds is 3. The van der Waals surface area contributed by atoms with Gasteiger partial charge >= 0.3 is 0 Å². The minimum atomic E-state index is -2.09. The summed E-state index contributed by atoms with van der Waals surface area (Å²) in [5.74, 6) is -10.00. The third-order valence-corrected chi connectivity index (χ3v) is 1.92. The Hall–Kier alpha value is -0.0887. The number of methoxy groups -OCH3 is 1. The van der Waals surface area contributed by atoms with Crippen molar-refractivity contribution in [3.8, 4) is 5.75 Å². The van der Waals surface area contributed by atoms with Crippen LogP contribution < -0.4 is 10.1 Å². The molecule has 0 aliphatic carbocycles. The molecular formula is C9H6BF4KNO2. The number of benzene rings is 1. The minimum Gasteiger partial charge on any atom is -0.493 e. The van der Waals surface area contributed by atoms with Crippen molar-refractivity contribution in [2.45, 2.75) is 0 Å². The Labute approximate surface area is 144 Å². The number of ether oxygens (including phenoxy) is 1.